The molecule has 1 aromatic heterocycles. The van der Waals surface area contributed by atoms with E-state index in [0.717, 1.165) is 30.1 Å². The molecule has 0 aliphatic rings. The van der Waals surface area contributed by atoms with Gasteiger partial charge in [0.2, 0.25) is 0 Å². The molecule has 0 fully saturated rings. The highest BCUT2D eigenvalue weighted by molar-refractivity contribution is 7.11. The molecule has 4 heteroatoms. The second-order valence-corrected chi connectivity index (χ2v) is 4.42. The third-order valence-corrected chi connectivity index (χ3v) is 3.22. The number of nitrogens with zero attached hydrogens (tertiary/aromatic N) is 1. The lowest BCUT2D eigenvalue weighted by molar-refractivity contribution is 0.149. The summed E-state index contributed by atoms with van der Waals surface area (Å²) < 4.78 is 9.81. The Kier molecular flexibility index (Phi) is 4.53. The Balaban J connectivity index is 1.81. The Morgan fingerprint density at radius 1 is 1.35 bits per heavy atom. The number of benzene rings is 1. The highest BCUT2D eigenvalue weighted by atomic mass is 32.1. The van der Waals surface area contributed by atoms with Crippen LogP contribution in [0.1, 0.15) is 6.42 Å². The number of anilines is 1. The summed E-state index contributed by atoms with van der Waals surface area (Å²) in [6.07, 6.45) is 2.77. The SMILES string of the molecule is C=CCCOCCNc1snc2ccccc12. The molecule has 0 unspecified atom stereocenters. The fraction of sp³-hybridized carbons (Fsp3) is 0.308. The van der Waals surface area contributed by atoms with Gasteiger partial charge in [-0.2, -0.15) is 4.37 Å². The van der Waals surface area contributed by atoms with Crippen LogP contribution in [0.15, 0.2) is 36.9 Å². The number of rotatable bonds is 7. The van der Waals surface area contributed by atoms with Crippen LogP contribution in [-0.2, 0) is 4.74 Å². The summed E-state index contributed by atoms with van der Waals surface area (Å²) in [5.74, 6) is 0. The largest absolute Gasteiger partial charge is 0.379 e. The van der Waals surface area contributed by atoms with E-state index in [0.29, 0.717) is 6.61 Å². The number of hydrogen-bond donors (Lipinski definition) is 1. The van der Waals surface area contributed by atoms with Crippen LogP contribution in [0.3, 0.4) is 0 Å². The van der Waals surface area contributed by atoms with Crippen molar-refractivity contribution in [3.05, 3.63) is 36.9 Å². The predicted octanol–water partition coefficient (Wildman–Crippen LogP) is 3.30. The lowest BCUT2D eigenvalue weighted by atomic mass is 10.2. The van der Waals surface area contributed by atoms with E-state index in [1.807, 2.05) is 24.3 Å². The van der Waals surface area contributed by atoms with Crippen molar-refractivity contribution >= 4 is 27.4 Å². The van der Waals surface area contributed by atoms with Crippen LogP contribution in [0.5, 0.6) is 0 Å². The summed E-state index contributed by atoms with van der Waals surface area (Å²) in [6.45, 7) is 5.91. The van der Waals surface area contributed by atoms with Gasteiger partial charge in [0.25, 0.3) is 0 Å². The third kappa shape index (κ3) is 3.28. The highest BCUT2D eigenvalue weighted by Crippen LogP contribution is 2.26. The Labute approximate surface area is 105 Å². The minimum Gasteiger partial charge on any atom is -0.379 e. The maximum absolute atomic E-state index is 5.43. The molecule has 1 aromatic carbocycles. The first-order valence-corrected chi connectivity index (χ1v) is 6.46. The fourth-order valence-electron chi connectivity index (χ4n) is 1.52. The van der Waals surface area contributed by atoms with Crippen LogP contribution in [0, 0.1) is 0 Å². The van der Waals surface area contributed by atoms with Gasteiger partial charge in [-0.1, -0.05) is 18.2 Å². The van der Waals surface area contributed by atoms with E-state index in [4.69, 9.17) is 4.74 Å². The second-order valence-electron chi connectivity index (χ2n) is 3.65. The van der Waals surface area contributed by atoms with Gasteiger partial charge >= 0.3 is 0 Å². The van der Waals surface area contributed by atoms with Crippen LogP contribution in [0.2, 0.25) is 0 Å². The van der Waals surface area contributed by atoms with Crippen molar-refractivity contribution in [2.24, 2.45) is 0 Å². The number of hydrogen-bond acceptors (Lipinski definition) is 4. The summed E-state index contributed by atoms with van der Waals surface area (Å²) >= 11 is 1.50. The molecule has 0 saturated carbocycles. The van der Waals surface area contributed by atoms with E-state index in [9.17, 15) is 0 Å². The first-order chi connectivity index (χ1) is 8.42. The van der Waals surface area contributed by atoms with Gasteiger partial charge in [-0.25, -0.2) is 0 Å². The molecule has 0 bridgehead atoms. The lowest BCUT2D eigenvalue weighted by Gasteiger charge is -2.04. The van der Waals surface area contributed by atoms with E-state index >= 15 is 0 Å². The van der Waals surface area contributed by atoms with Crippen LogP contribution in [0.25, 0.3) is 10.9 Å². The van der Waals surface area contributed by atoms with Crippen molar-refractivity contribution in [1.82, 2.24) is 4.37 Å². The van der Waals surface area contributed by atoms with Gasteiger partial charge in [0.05, 0.1) is 18.7 Å². The van der Waals surface area contributed by atoms with Crippen molar-refractivity contribution in [3.63, 3.8) is 0 Å². The quantitative estimate of drug-likeness (QED) is 0.603. The minimum atomic E-state index is 0.708. The van der Waals surface area contributed by atoms with Crippen molar-refractivity contribution in [2.75, 3.05) is 25.1 Å². The standard InChI is InChI=1S/C13H16N2OS/c1-2-3-9-16-10-8-14-13-11-6-4-5-7-12(11)15-17-13/h2,4-7,14H,1,3,8-10H2. The van der Waals surface area contributed by atoms with Gasteiger partial charge in [-0.15, -0.1) is 6.58 Å². The van der Waals surface area contributed by atoms with Crippen LogP contribution in [-0.4, -0.2) is 24.1 Å². The molecule has 90 valence electrons. The number of nitrogens with one attached hydrogen (secondary N) is 1. The first-order valence-electron chi connectivity index (χ1n) is 5.69. The molecule has 1 heterocycles. The Morgan fingerprint density at radius 2 is 2.24 bits per heavy atom. The molecular weight excluding hydrogens is 232 g/mol. The van der Waals surface area contributed by atoms with Crippen LogP contribution < -0.4 is 5.32 Å². The summed E-state index contributed by atoms with van der Waals surface area (Å²) in [5, 5.41) is 5.65. The molecule has 2 aromatic rings. The fourth-order valence-corrected chi connectivity index (χ4v) is 2.31. The molecule has 0 spiro atoms. The maximum atomic E-state index is 5.43. The third-order valence-electron chi connectivity index (χ3n) is 2.38. The zero-order valence-electron chi connectivity index (χ0n) is 9.69. The van der Waals surface area contributed by atoms with E-state index in [1.165, 1.54) is 16.9 Å². The topological polar surface area (TPSA) is 34.1 Å². The summed E-state index contributed by atoms with van der Waals surface area (Å²) in [6, 6.07) is 8.14. The number of ether oxygens (including phenoxy) is 1. The molecule has 0 aliphatic carbocycles. The summed E-state index contributed by atoms with van der Waals surface area (Å²) in [4.78, 5) is 0. The lowest BCUT2D eigenvalue weighted by Crippen LogP contribution is -2.09. The average molecular weight is 248 g/mol. The molecule has 0 saturated heterocycles. The summed E-state index contributed by atoms with van der Waals surface area (Å²) in [5.41, 5.74) is 1.05. The molecular formula is C13H16N2OS. The zero-order chi connectivity index (χ0) is 11.9. The molecule has 2 rings (SSSR count). The van der Waals surface area contributed by atoms with Crippen molar-refractivity contribution in [1.29, 1.82) is 0 Å². The number of fused-ring (bicyclic) bond motifs is 1. The van der Waals surface area contributed by atoms with E-state index in [-0.39, 0.29) is 0 Å². The highest BCUT2D eigenvalue weighted by Gasteiger charge is 2.03. The van der Waals surface area contributed by atoms with E-state index in [2.05, 4.69) is 22.3 Å². The Hall–Kier alpha value is -1.39. The Morgan fingerprint density at radius 3 is 3.12 bits per heavy atom. The first kappa shape index (κ1) is 12.1. The summed E-state index contributed by atoms with van der Waals surface area (Å²) in [7, 11) is 0. The predicted molar refractivity (Wildman–Crippen MR) is 73.7 cm³/mol. The van der Waals surface area contributed by atoms with Crippen molar-refractivity contribution < 1.29 is 4.74 Å². The van der Waals surface area contributed by atoms with Crippen molar-refractivity contribution in [3.8, 4) is 0 Å². The smallest absolute Gasteiger partial charge is 0.117 e. The van der Waals surface area contributed by atoms with E-state index in [1.54, 1.807) is 0 Å². The normalized spacial score (nSPS) is 10.6. The molecule has 1 N–H and O–H groups in total. The van der Waals surface area contributed by atoms with Gasteiger partial charge < -0.3 is 10.1 Å². The molecule has 17 heavy (non-hydrogen) atoms. The minimum absolute atomic E-state index is 0.708. The van der Waals surface area contributed by atoms with Gasteiger partial charge in [0.15, 0.2) is 0 Å². The molecule has 3 nitrogen and oxygen atoms in total. The molecule has 0 aliphatic heterocycles. The molecule has 0 atom stereocenters. The zero-order valence-corrected chi connectivity index (χ0v) is 10.5. The maximum Gasteiger partial charge on any atom is 0.117 e. The van der Waals surface area contributed by atoms with Crippen LogP contribution >= 0.6 is 11.5 Å². The van der Waals surface area contributed by atoms with Gasteiger partial charge in [0, 0.05) is 11.9 Å². The second kappa shape index (κ2) is 6.37. The molecule has 0 radical (unpaired) electrons. The van der Waals surface area contributed by atoms with Crippen molar-refractivity contribution in [2.45, 2.75) is 6.42 Å². The van der Waals surface area contributed by atoms with E-state index < -0.39 is 0 Å². The van der Waals surface area contributed by atoms with Gasteiger partial charge in [0.1, 0.15) is 5.00 Å². The Bertz CT molecular complexity index is 481. The van der Waals surface area contributed by atoms with Gasteiger partial charge in [-0.3, -0.25) is 0 Å². The van der Waals surface area contributed by atoms with Gasteiger partial charge in [-0.05, 0) is 30.1 Å². The average Bonchev–Trinajstić information content (AvgIpc) is 2.77. The van der Waals surface area contributed by atoms with Crippen LogP contribution in [0.4, 0.5) is 5.00 Å². The molecule has 0 amide bonds. The number of aromatic nitrogens is 1. The monoisotopic (exact) mass is 248 g/mol.